The lowest BCUT2D eigenvalue weighted by Crippen LogP contribution is -2.16. The Balaban J connectivity index is 1.83. The van der Waals surface area contributed by atoms with Crippen molar-refractivity contribution >= 4 is 48.9 Å². The summed E-state index contributed by atoms with van der Waals surface area (Å²) in [6.45, 7) is 1.89. The number of aryl methyl sites for hydroxylation is 2. The van der Waals surface area contributed by atoms with Gasteiger partial charge >= 0.3 is 0 Å². The van der Waals surface area contributed by atoms with Crippen LogP contribution < -0.4 is 4.80 Å². The van der Waals surface area contributed by atoms with E-state index in [4.69, 9.17) is 11.6 Å². The molecule has 9 heteroatoms. The first-order valence-corrected chi connectivity index (χ1v) is 10.8. The van der Waals surface area contributed by atoms with E-state index in [0.29, 0.717) is 9.82 Å². The van der Waals surface area contributed by atoms with E-state index in [9.17, 15) is 17.6 Å². The van der Waals surface area contributed by atoms with Gasteiger partial charge in [-0.15, -0.1) is 0 Å². The lowest BCUT2D eigenvalue weighted by molar-refractivity contribution is -0.117. The number of hydrogen-bond acceptors (Lipinski definition) is 4. The molecule has 0 fully saturated rings. The number of rotatable bonds is 4. The second-order valence-corrected chi connectivity index (χ2v) is 9.52. The van der Waals surface area contributed by atoms with Crippen LogP contribution in [-0.2, 0) is 21.7 Å². The summed E-state index contributed by atoms with van der Waals surface area (Å²) >= 11 is 7.48. The minimum absolute atomic E-state index is 0.0191. The molecule has 0 atom stereocenters. The molecule has 0 saturated carbocycles. The molecule has 0 spiro atoms. The van der Waals surface area contributed by atoms with Crippen LogP contribution in [0, 0.1) is 12.7 Å². The van der Waals surface area contributed by atoms with Gasteiger partial charge in [0.25, 0.3) is 0 Å². The van der Waals surface area contributed by atoms with Gasteiger partial charge in [-0.2, -0.15) is 4.99 Å². The van der Waals surface area contributed by atoms with Crippen LogP contribution in [0.4, 0.5) is 4.39 Å². The number of thiazole rings is 1. The Bertz CT molecular complexity index is 1200. The van der Waals surface area contributed by atoms with Crippen LogP contribution in [0.2, 0.25) is 5.02 Å². The molecule has 0 aliphatic heterocycles. The maximum Gasteiger partial charge on any atom is 0.249 e. The minimum Gasteiger partial charge on any atom is -0.319 e. The lowest BCUT2D eigenvalue weighted by Gasteiger charge is -2.03. The van der Waals surface area contributed by atoms with Crippen molar-refractivity contribution in [1.82, 2.24) is 4.57 Å². The Labute approximate surface area is 164 Å². The van der Waals surface area contributed by atoms with E-state index in [1.165, 1.54) is 23.5 Å². The van der Waals surface area contributed by atoms with Crippen molar-refractivity contribution in [2.24, 2.45) is 12.0 Å². The van der Waals surface area contributed by atoms with E-state index in [-0.39, 0.29) is 17.1 Å². The zero-order valence-corrected chi connectivity index (χ0v) is 17.0. The average molecular weight is 427 g/mol. The van der Waals surface area contributed by atoms with Gasteiger partial charge in [0.05, 0.1) is 20.9 Å². The van der Waals surface area contributed by atoms with E-state index in [1.54, 1.807) is 17.7 Å². The summed E-state index contributed by atoms with van der Waals surface area (Å²) in [6.07, 6.45) is -0.256. The monoisotopic (exact) mass is 426 g/mol. The van der Waals surface area contributed by atoms with Crippen molar-refractivity contribution in [3.63, 3.8) is 0 Å². The fourth-order valence-corrected chi connectivity index (χ4v) is 5.13. The quantitative estimate of drug-likeness (QED) is 0.598. The highest BCUT2D eigenvalue weighted by molar-refractivity contribution is 7.91. The van der Waals surface area contributed by atoms with Crippen molar-refractivity contribution < 1.29 is 17.6 Å². The molecule has 0 unspecified atom stereocenters. The molecular formula is C18H16ClFN2O3S2. The van der Waals surface area contributed by atoms with E-state index in [0.717, 1.165) is 27.9 Å². The molecule has 0 N–H and O–H groups in total. The summed E-state index contributed by atoms with van der Waals surface area (Å²) in [5.41, 5.74) is 1.78. The molecule has 0 saturated heterocycles. The predicted molar refractivity (Wildman–Crippen MR) is 104 cm³/mol. The molecule has 3 aromatic rings. The summed E-state index contributed by atoms with van der Waals surface area (Å²) in [5.74, 6) is -1.44. The lowest BCUT2D eigenvalue weighted by atomic mass is 10.2. The van der Waals surface area contributed by atoms with Gasteiger partial charge in [-0.1, -0.05) is 22.9 Å². The molecule has 5 nitrogen and oxygen atoms in total. The SMILES string of the molecule is Cc1c(Cl)ccc2sc(=NC(=O)CCS(=O)(=O)c3ccc(F)cc3)n(C)c12. The number of nitrogens with zero attached hydrogens (tertiary/aromatic N) is 2. The number of carbonyl (C=O) groups is 1. The molecule has 2 aromatic carbocycles. The third kappa shape index (κ3) is 4.12. The summed E-state index contributed by atoms with van der Waals surface area (Å²) < 4.78 is 40.2. The number of halogens is 2. The van der Waals surface area contributed by atoms with Crippen molar-refractivity contribution in [3.8, 4) is 0 Å². The number of sulfone groups is 1. The molecule has 0 aliphatic rings. The summed E-state index contributed by atoms with van der Waals surface area (Å²) in [7, 11) is -1.90. The van der Waals surface area contributed by atoms with Gasteiger partial charge in [-0.05, 0) is 48.9 Å². The van der Waals surface area contributed by atoms with Crippen LogP contribution in [0.25, 0.3) is 10.2 Å². The topological polar surface area (TPSA) is 68.5 Å². The number of carbonyl (C=O) groups excluding carboxylic acids is 1. The smallest absolute Gasteiger partial charge is 0.249 e. The van der Waals surface area contributed by atoms with Crippen LogP contribution in [0.3, 0.4) is 0 Å². The highest BCUT2D eigenvalue weighted by Gasteiger charge is 2.17. The van der Waals surface area contributed by atoms with Crippen LogP contribution >= 0.6 is 22.9 Å². The maximum absolute atomic E-state index is 12.9. The molecule has 1 heterocycles. The number of fused-ring (bicyclic) bond motifs is 1. The Hall–Kier alpha value is -2.03. The molecular weight excluding hydrogens is 411 g/mol. The van der Waals surface area contributed by atoms with Crippen molar-refractivity contribution in [2.75, 3.05) is 5.75 Å². The van der Waals surface area contributed by atoms with Crippen molar-refractivity contribution in [1.29, 1.82) is 0 Å². The maximum atomic E-state index is 12.9. The first-order chi connectivity index (χ1) is 12.7. The fraction of sp³-hybridized carbons (Fsp3) is 0.222. The molecule has 1 amide bonds. The average Bonchev–Trinajstić information content (AvgIpc) is 2.93. The Morgan fingerprint density at radius 3 is 2.56 bits per heavy atom. The van der Waals surface area contributed by atoms with Crippen molar-refractivity contribution in [2.45, 2.75) is 18.2 Å². The van der Waals surface area contributed by atoms with Gasteiger partial charge in [0.15, 0.2) is 14.6 Å². The number of benzene rings is 2. The Kier molecular flexibility index (Phi) is 5.50. The standard InChI is InChI=1S/C18H16ClFN2O3S2/c1-11-14(19)7-8-15-17(11)22(2)18(26-15)21-16(23)9-10-27(24,25)13-5-3-12(20)4-6-13/h3-8H,9-10H2,1-2H3. The zero-order valence-electron chi connectivity index (χ0n) is 14.6. The molecule has 142 valence electrons. The third-order valence-corrected chi connectivity index (χ3v) is 7.37. The van der Waals surface area contributed by atoms with E-state index < -0.39 is 21.6 Å². The number of aromatic nitrogens is 1. The van der Waals surface area contributed by atoms with E-state index in [1.807, 2.05) is 13.0 Å². The Morgan fingerprint density at radius 1 is 1.22 bits per heavy atom. The number of hydrogen-bond donors (Lipinski definition) is 0. The minimum atomic E-state index is -3.68. The largest absolute Gasteiger partial charge is 0.319 e. The van der Waals surface area contributed by atoms with E-state index >= 15 is 0 Å². The number of amides is 1. The highest BCUT2D eigenvalue weighted by atomic mass is 35.5. The molecule has 1 aromatic heterocycles. The molecule has 3 rings (SSSR count). The second-order valence-electron chi connectivity index (χ2n) is 5.99. The van der Waals surface area contributed by atoms with Crippen LogP contribution in [0.5, 0.6) is 0 Å². The Morgan fingerprint density at radius 2 is 1.89 bits per heavy atom. The second kappa shape index (κ2) is 7.53. The van der Waals surface area contributed by atoms with Gasteiger partial charge in [0, 0.05) is 18.5 Å². The van der Waals surface area contributed by atoms with Crippen LogP contribution in [0.1, 0.15) is 12.0 Å². The van der Waals surface area contributed by atoms with Crippen LogP contribution in [0.15, 0.2) is 46.3 Å². The van der Waals surface area contributed by atoms with Crippen molar-refractivity contribution in [3.05, 3.63) is 57.6 Å². The van der Waals surface area contributed by atoms with Gasteiger partial charge in [-0.3, -0.25) is 4.79 Å². The van der Waals surface area contributed by atoms with Gasteiger partial charge < -0.3 is 4.57 Å². The highest BCUT2D eigenvalue weighted by Crippen LogP contribution is 2.26. The summed E-state index contributed by atoms with van der Waals surface area (Å²) in [6, 6.07) is 8.16. The molecule has 27 heavy (non-hydrogen) atoms. The summed E-state index contributed by atoms with van der Waals surface area (Å²) in [4.78, 5) is 16.7. The third-order valence-electron chi connectivity index (χ3n) is 4.13. The zero-order chi connectivity index (χ0) is 19.8. The van der Waals surface area contributed by atoms with E-state index in [2.05, 4.69) is 4.99 Å². The molecule has 0 bridgehead atoms. The van der Waals surface area contributed by atoms with Gasteiger partial charge in [0.2, 0.25) is 5.91 Å². The molecule has 0 radical (unpaired) electrons. The molecule has 0 aliphatic carbocycles. The first-order valence-electron chi connectivity index (χ1n) is 7.99. The normalized spacial score (nSPS) is 12.7. The predicted octanol–water partition coefficient (Wildman–Crippen LogP) is 3.63. The van der Waals surface area contributed by atoms with Crippen LogP contribution in [-0.4, -0.2) is 24.6 Å². The fourth-order valence-electron chi connectivity index (χ4n) is 2.65. The van der Waals surface area contributed by atoms with Gasteiger partial charge in [0.1, 0.15) is 5.82 Å². The van der Waals surface area contributed by atoms with Gasteiger partial charge in [-0.25, -0.2) is 12.8 Å². The first kappa shape index (κ1) is 19.7. The summed E-state index contributed by atoms with van der Waals surface area (Å²) in [5, 5.41) is 0.624.